The van der Waals surface area contributed by atoms with Crippen molar-refractivity contribution in [3.8, 4) is 5.75 Å². The zero-order valence-corrected chi connectivity index (χ0v) is 14.7. The van der Waals surface area contributed by atoms with Gasteiger partial charge >= 0.3 is 5.97 Å². The Bertz CT molecular complexity index is 1050. The number of benzene rings is 2. The molecular formula is C22H15NO5. The summed E-state index contributed by atoms with van der Waals surface area (Å²) in [5.74, 6) is 0.449. The molecule has 0 unspecified atom stereocenters. The summed E-state index contributed by atoms with van der Waals surface area (Å²) in [7, 11) is 0. The number of hydrogen-bond acceptors (Lipinski definition) is 6. The maximum Gasteiger partial charge on any atom is 0.363 e. The number of Topliss-reactive ketones (excluding diaryl/α,β-unsaturated/α-hetero) is 1. The number of rotatable bonds is 6. The van der Waals surface area contributed by atoms with Crippen molar-refractivity contribution in [3.05, 3.63) is 95.6 Å². The average molecular weight is 373 g/mol. The minimum Gasteiger partial charge on any atom is -0.485 e. The molecule has 2 heterocycles. The first kappa shape index (κ1) is 17.5. The van der Waals surface area contributed by atoms with Gasteiger partial charge in [0.15, 0.2) is 23.8 Å². The zero-order valence-electron chi connectivity index (χ0n) is 14.7. The normalized spacial score (nSPS) is 14.6. The molecule has 0 aliphatic carbocycles. The molecule has 6 heteroatoms. The van der Waals surface area contributed by atoms with Crippen LogP contribution in [0.15, 0.2) is 88.1 Å². The average Bonchev–Trinajstić information content (AvgIpc) is 3.38. The first-order valence-electron chi connectivity index (χ1n) is 8.56. The maximum absolute atomic E-state index is 12.1. The monoisotopic (exact) mass is 373 g/mol. The molecule has 3 aromatic rings. The van der Waals surface area contributed by atoms with E-state index in [4.69, 9.17) is 13.9 Å². The van der Waals surface area contributed by atoms with Gasteiger partial charge in [-0.1, -0.05) is 42.5 Å². The van der Waals surface area contributed by atoms with Crippen molar-refractivity contribution >= 4 is 23.7 Å². The van der Waals surface area contributed by atoms with Crippen molar-refractivity contribution in [2.45, 2.75) is 0 Å². The fourth-order valence-corrected chi connectivity index (χ4v) is 2.59. The van der Waals surface area contributed by atoms with Crippen LogP contribution in [0.5, 0.6) is 5.75 Å². The van der Waals surface area contributed by atoms with Gasteiger partial charge in [-0.2, -0.15) is 0 Å². The van der Waals surface area contributed by atoms with Gasteiger partial charge in [-0.3, -0.25) is 4.79 Å². The van der Waals surface area contributed by atoms with E-state index in [2.05, 4.69) is 4.99 Å². The third-order valence-electron chi connectivity index (χ3n) is 4.00. The lowest BCUT2D eigenvalue weighted by Gasteiger charge is -2.06. The lowest BCUT2D eigenvalue weighted by atomic mass is 10.1. The van der Waals surface area contributed by atoms with E-state index in [-0.39, 0.29) is 24.0 Å². The molecule has 0 saturated heterocycles. The molecule has 0 saturated carbocycles. The summed E-state index contributed by atoms with van der Waals surface area (Å²) in [5.41, 5.74) is 1.53. The second-order valence-corrected chi connectivity index (χ2v) is 5.96. The Labute approximate surface area is 160 Å². The molecule has 0 bridgehead atoms. The Balaban J connectivity index is 1.41. The number of cyclic esters (lactones) is 1. The van der Waals surface area contributed by atoms with E-state index in [0.717, 1.165) is 5.56 Å². The van der Waals surface area contributed by atoms with Crippen molar-refractivity contribution in [2.75, 3.05) is 6.61 Å². The van der Waals surface area contributed by atoms with Gasteiger partial charge in [0, 0.05) is 5.56 Å². The lowest BCUT2D eigenvalue weighted by molar-refractivity contribution is -0.130. The van der Waals surface area contributed by atoms with Crippen LogP contribution in [0.2, 0.25) is 0 Å². The Hall–Kier alpha value is -3.93. The number of hydrogen-bond donors (Lipinski definition) is 0. The molecule has 1 aliphatic rings. The topological polar surface area (TPSA) is 78.1 Å². The van der Waals surface area contributed by atoms with E-state index in [1.807, 2.05) is 18.2 Å². The quantitative estimate of drug-likeness (QED) is 0.372. The van der Waals surface area contributed by atoms with E-state index >= 15 is 0 Å². The van der Waals surface area contributed by atoms with Crippen LogP contribution in [-0.2, 0) is 9.53 Å². The van der Waals surface area contributed by atoms with E-state index < -0.39 is 5.97 Å². The van der Waals surface area contributed by atoms with Gasteiger partial charge < -0.3 is 13.9 Å². The predicted octanol–water partition coefficient (Wildman–Crippen LogP) is 3.89. The summed E-state index contributed by atoms with van der Waals surface area (Å²) in [4.78, 5) is 28.2. The van der Waals surface area contributed by atoms with Crippen molar-refractivity contribution < 1.29 is 23.5 Å². The number of ketones is 1. The van der Waals surface area contributed by atoms with Crippen LogP contribution in [0, 0.1) is 0 Å². The van der Waals surface area contributed by atoms with Crippen LogP contribution in [0.4, 0.5) is 0 Å². The largest absolute Gasteiger partial charge is 0.485 e. The van der Waals surface area contributed by atoms with Gasteiger partial charge in [0.2, 0.25) is 0 Å². The molecule has 1 aromatic heterocycles. The molecule has 28 heavy (non-hydrogen) atoms. The van der Waals surface area contributed by atoms with Crippen LogP contribution >= 0.6 is 0 Å². The molecule has 0 radical (unpaired) electrons. The SMILES string of the molecule is O=C1OC(c2ccco2)=N/C1=C\c1ccc(OCC(=O)c2ccccc2)cc1. The van der Waals surface area contributed by atoms with Crippen molar-refractivity contribution in [1.29, 1.82) is 0 Å². The summed E-state index contributed by atoms with van der Waals surface area (Å²) < 4.78 is 15.8. The number of carbonyl (C=O) groups is 2. The second-order valence-electron chi connectivity index (χ2n) is 5.96. The smallest absolute Gasteiger partial charge is 0.363 e. The maximum atomic E-state index is 12.1. The first-order valence-corrected chi connectivity index (χ1v) is 8.56. The summed E-state index contributed by atoms with van der Waals surface area (Å²) in [6, 6.07) is 19.3. The highest BCUT2D eigenvalue weighted by Gasteiger charge is 2.25. The molecule has 138 valence electrons. The highest BCUT2D eigenvalue weighted by molar-refractivity contribution is 6.11. The molecule has 6 nitrogen and oxygen atoms in total. The minimum absolute atomic E-state index is 0.0480. The third kappa shape index (κ3) is 3.91. The highest BCUT2D eigenvalue weighted by atomic mass is 16.6. The second kappa shape index (κ2) is 7.75. The fourth-order valence-electron chi connectivity index (χ4n) is 2.59. The van der Waals surface area contributed by atoms with E-state index in [9.17, 15) is 9.59 Å². The Morgan fingerprint density at radius 1 is 1.00 bits per heavy atom. The summed E-state index contributed by atoms with van der Waals surface area (Å²) in [6.45, 7) is -0.0480. The van der Waals surface area contributed by atoms with Gasteiger partial charge in [-0.05, 0) is 35.9 Å². The van der Waals surface area contributed by atoms with Gasteiger partial charge in [0.25, 0.3) is 5.90 Å². The molecule has 0 amide bonds. The van der Waals surface area contributed by atoms with Gasteiger partial charge in [-0.15, -0.1) is 0 Å². The molecule has 0 fully saturated rings. The van der Waals surface area contributed by atoms with Gasteiger partial charge in [0.05, 0.1) is 6.26 Å². The van der Waals surface area contributed by atoms with E-state index in [0.29, 0.717) is 17.1 Å². The Kier molecular flexibility index (Phi) is 4.84. The number of ether oxygens (including phenoxy) is 2. The van der Waals surface area contributed by atoms with Crippen LogP contribution in [0.3, 0.4) is 0 Å². The standard InChI is InChI=1S/C22H15NO5/c24-19(16-5-2-1-3-6-16)14-27-17-10-8-15(9-11-17)13-18-22(25)28-21(23-18)20-7-4-12-26-20/h1-13H,14H2/b18-13-. The zero-order chi connectivity index (χ0) is 19.3. The summed E-state index contributed by atoms with van der Waals surface area (Å²) >= 11 is 0. The number of aliphatic imine (C=N–C) groups is 1. The van der Waals surface area contributed by atoms with Crippen molar-refractivity contribution in [1.82, 2.24) is 0 Å². The number of carbonyl (C=O) groups excluding carboxylic acids is 2. The fraction of sp³-hybridized carbons (Fsp3) is 0.0455. The van der Waals surface area contributed by atoms with Crippen molar-refractivity contribution in [3.63, 3.8) is 0 Å². The number of esters is 1. The molecule has 0 N–H and O–H groups in total. The molecule has 1 aliphatic heterocycles. The van der Waals surface area contributed by atoms with Crippen LogP contribution < -0.4 is 4.74 Å². The summed E-state index contributed by atoms with van der Waals surface area (Å²) in [5, 5.41) is 0. The Morgan fingerprint density at radius 2 is 1.79 bits per heavy atom. The van der Waals surface area contributed by atoms with Crippen LogP contribution in [-0.4, -0.2) is 24.3 Å². The van der Waals surface area contributed by atoms with Gasteiger partial charge in [-0.25, -0.2) is 9.79 Å². The molecule has 0 spiro atoms. The van der Waals surface area contributed by atoms with Gasteiger partial charge in [0.1, 0.15) is 5.75 Å². The van der Waals surface area contributed by atoms with E-state index in [1.165, 1.54) is 6.26 Å². The van der Waals surface area contributed by atoms with E-state index in [1.54, 1.807) is 54.6 Å². The molecular weight excluding hydrogens is 358 g/mol. The number of nitrogens with zero attached hydrogens (tertiary/aromatic N) is 1. The molecule has 2 aromatic carbocycles. The lowest BCUT2D eigenvalue weighted by Crippen LogP contribution is -2.11. The third-order valence-corrected chi connectivity index (χ3v) is 4.00. The highest BCUT2D eigenvalue weighted by Crippen LogP contribution is 2.21. The van der Waals surface area contributed by atoms with Crippen LogP contribution in [0.1, 0.15) is 21.7 Å². The number of furan rings is 1. The predicted molar refractivity (Wildman–Crippen MR) is 102 cm³/mol. The molecule has 4 rings (SSSR count). The minimum atomic E-state index is -0.541. The summed E-state index contributed by atoms with van der Waals surface area (Å²) in [6.07, 6.45) is 3.09. The molecule has 0 atom stereocenters. The van der Waals surface area contributed by atoms with Crippen molar-refractivity contribution in [2.24, 2.45) is 4.99 Å². The van der Waals surface area contributed by atoms with Crippen LogP contribution in [0.25, 0.3) is 6.08 Å². The first-order chi connectivity index (χ1) is 13.7. The Morgan fingerprint density at radius 3 is 2.50 bits per heavy atom.